The highest BCUT2D eigenvalue weighted by molar-refractivity contribution is 7.89. The molecule has 0 bridgehead atoms. The topological polar surface area (TPSA) is 72.2 Å². The van der Waals surface area contributed by atoms with Crippen LogP contribution in [0.4, 0.5) is 10.1 Å². The molecule has 1 atom stereocenters. The molecule has 1 saturated carbocycles. The lowest BCUT2D eigenvalue weighted by Crippen LogP contribution is -2.40. The van der Waals surface area contributed by atoms with Crippen molar-refractivity contribution in [1.82, 2.24) is 4.72 Å². The van der Waals surface area contributed by atoms with E-state index >= 15 is 0 Å². The molecule has 2 rings (SSSR count). The Bertz CT molecular complexity index is 563. The lowest BCUT2D eigenvalue weighted by Gasteiger charge is -2.30. The van der Waals surface area contributed by atoms with Crippen LogP contribution in [0.5, 0.6) is 0 Å². The third-order valence-corrected chi connectivity index (χ3v) is 5.64. The zero-order valence-corrected chi connectivity index (χ0v) is 13.1. The van der Waals surface area contributed by atoms with Crippen LogP contribution in [0.3, 0.4) is 0 Å². The average Bonchev–Trinajstić information content (AvgIpc) is 2.45. The van der Waals surface area contributed by atoms with Crippen molar-refractivity contribution in [1.29, 1.82) is 0 Å². The highest BCUT2D eigenvalue weighted by atomic mass is 32.2. The minimum absolute atomic E-state index is 0.0974. The summed E-state index contributed by atoms with van der Waals surface area (Å²) < 4.78 is 40.9. The van der Waals surface area contributed by atoms with Crippen LogP contribution >= 0.6 is 0 Å². The monoisotopic (exact) mass is 314 g/mol. The number of rotatable bonds is 5. The number of hydrogen-bond donors (Lipinski definition) is 2. The molecule has 1 aromatic rings. The molecule has 0 saturated heterocycles. The predicted octanol–water partition coefficient (Wildman–Crippen LogP) is 3.05. The zero-order valence-electron chi connectivity index (χ0n) is 12.3. The molecule has 3 N–H and O–H groups in total. The van der Waals surface area contributed by atoms with Crippen molar-refractivity contribution in [2.45, 2.75) is 56.4 Å². The second kappa shape index (κ2) is 6.75. The smallest absolute Gasteiger partial charge is 0.241 e. The molecule has 21 heavy (non-hydrogen) atoms. The molecule has 1 aliphatic rings. The Kier molecular flexibility index (Phi) is 5.22. The van der Waals surface area contributed by atoms with Gasteiger partial charge in [-0.05, 0) is 43.4 Å². The van der Waals surface area contributed by atoms with E-state index in [-0.39, 0.29) is 16.6 Å². The summed E-state index contributed by atoms with van der Waals surface area (Å²) in [6.07, 6.45) is 6.35. The maximum Gasteiger partial charge on any atom is 0.241 e. The number of nitrogens with two attached hydrogens (primary N) is 1. The van der Waals surface area contributed by atoms with E-state index in [1.807, 2.05) is 6.92 Å². The number of benzene rings is 1. The number of anilines is 1. The first-order valence-corrected chi connectivity index (χ1v) is 8.99. The van der Waals surface area contributed by atoms with Gasteiger partial charge in [0.1, 0.15) is 5.82 Å². The molecular formula is C15H23FN2O2S. The molecule has 0 amide bonds. The molecular weight excluding hydrogens is 291 g/mol. The van der Waals surface area contributed by atoms with Gasteiger partial charge in [-0.25, -0.2) is 17.5 Å². The van der Waals surface area contributed by atoms with E-state index in [0.29, 0.717) is 5.92 Å². The molecule has 1 unspecified atom stereocenters. The first kappa shape index (κ1) is 16.2. The van der Waals surface area contributed by atoms with Gasteiger partial charge in [0.15, 0.2) is 0 Å². The molecule has 4 nitrogen and oxygen atoms in total. The summed E-state index contributed by atoms with van der Waals surface area (Å²) in [6.45, 7) is 1.97. The summed E-state index contributed by atoms with van der Waals surface area (Å²) in [5.74, 6) is -0.273. The van der Waals surface area contributed by atoms with Gasteiger partial charge in [0.25, 0.3) is 0 Å². The summed E-state index contributed by atoms with van der Waals surface area (Å²) in [4.78, 5) is -0.103. The fraction of sp³-hybridized carbons (Fsp3) is 0.600. The van der Waals surface area contributed by atoms with E-state index in [4.69, 9.17) is 5.73 Å². The minimum atomic E-state index is -3.74. The van der Waals surface area contributed by atoms with E-state index in [2.05, 4.69) is 4.72 Å². The molecule has 0 radical (unpaired) electrons. The summed E-state index contributed by atoms with van der Waals surface area (Å²) in [6, 6.07) is 3.31. The second-order valence-electron chi connectivity index (χ2n) is 5.75. The van der Waals surface area contributed by atoms with Gasteiger partial charge in [-0.3, -0.25) is 0 Å². The van der Waals surface area contributed by atoms with Gasteiger partial charge in [-0.1, -0.05) is 26.2 Å². The van der Waals surface area contributed by atoms with Gasteiger partial charge in [0.2, 0.25) is 10.0 Å². The first-order valence-electron chi connectivity index (χ1n) is 7.51. The van der Waals surface area contributed by atoms with Crippen LogP contribution in [0.15, 0.2) is 23.1 Å². The van der Waals surface area contributed by atoms with Crippen molar-refractivity contribution >= 4 is 15.7 Å². The maximum absolute atomic E-state index is 13.4. The number of halogens is 1. The van der Waals surface area contributed by atoms with Crippen molar-refractivity contribution in [3.8, 4) is 0 Å². The Morgan fingerprint density at radius 3 is 2.52 bits per heavy atom. The van der Waals surface area contributed by atoms with Crippen LogP contribution < -0.4 is 10.5 Å². The number of nitrogen functional groups attached to an aromatic ring is 1. The molecule has 1 aromatic carbocycles. The Morgan fingerprint density at radius 2 is 1.95 bits per heavy atom. The number of sulfonamides is 1. The summed E-state index contributed by atoms with van der Waals surface area (Å²) in [5, 5.41) is 0. The van der Waals surface area contributed by atoms with Crippen molar-refractivity contribution in [2.75, 3.05) is 5.73 Å². The lowest BCUT2D eigenvalue weighted by atomic mass is 9.83. The van der Waals surface area contributed by atoms with Gasteiger partial charge >= 0.3 is 0 Å². The maximum atomic E-state index is 13.4. The van der Waals surface area contributed by atoms with Crippen molar-refractivity contribution in [3.63, 3.8) is 0 Å². The minimum Gasteiger partial charge on any atom is -0.399 e. The van der Waals surface area contributed by atoms with Gasteiger partial charge < -0.3 is 5.73 Å². The summed E-state index contributed by atoms with van der Waals surface area (Å²) >= 11 is 0. The average molecular weight is 314 g/mol. The highest BCUT2D eigenvalue weighted by Crippen LogP contribution is 2.28. The van der Waals surface area contributed by atoms with E-state index in [0.717, 1.165) is 44.2 Å². The number of nitrogens with one attached hydrogen (secondary N) is 1. The molecule has 0 heterocycles. The predicted molar refractivity (Wildman–Crippen MR) is 81.8 cm³/mol. The van der Waals surface area contributed by atoms with Crippen LogP contribution in [0.1, 0.15) is 45.4 Å². The Hall–Kier alpha value is -1.14. The first-order chi connectivity index (χ1) is 9.92. The molecule has 0 aromatic heterocycles. The van der Waals surface area contributed by atoms with E-state index < -0.39 is 15.8 Å². The standard InChI is InChI=1S/C15H23FN2O2S/c1-2-15(11-6-4-3-5-7-11)18-21(19,20)14-9-12(16)8-13(17)10-14/h8-11,15,18H,2-7,17H2,1H3. The van der Waals surface area contributed by atoms with E-state index in [9.17, 15) is 12.8 Å². The van der Waals surface area contributed by atoms with E-state index in [1.54, 1.807) is 0 Å². The van der Waals surface area contributed by atoms with Crippen molar-refractivity contribution in [3.05, 3.63) is 24.0 Å². The largest absolute Gasteiger partial charge is 0.399 e. The van der Waals surface area contributed by atoms with Crippen LogP contribution in [0, 0.1) is 11.7 Å². The Morgan fingerprint density at radius 1 is 1.29 bits per heavy atom. The fourth-order valence-corrected chi connectivity index (χ4v) is 4.51. The zero-order chi connectivity index (χ0) is 15.5. The summed E-state index contributed by atoms with van der Waals surface area (Å²) in [7, 11) is -3.74. The van der Waals surface area contributed by atoms with Crippen LogP contribution in [0.2, 0.25) is 0 Å². The second-order valence-corrected chi connectivity index (χ2v) is 7.47. The normalized spacial score (nSPS) is 18.6. The summed E-state index contributed by atoms with van der Waals surface area (Å²) in [5.41, 5.74) is 5.64. The molecule has 0 aliphatic heterocycles. The van der Waals surface area contributed by atoms with Crippen LogP contribution in [-0.4, -0.2) is 14.5 Å². The quantitative estimate of drug-likeness (QED) is 0.821. The van der Waals surface area contributed by atoms with Gasteiger partial charge in [-0.15, -0.1) is 0 Å². The molecule has 0 spiro atoms. The van der Waals surface area contributed by atoms with Gasteiger partial charge in [0.05, 0.1) is 4.90 Å². The third-order valence-electron chi connectivity index (χ3n) is 4.17. The molecule has 6 heteroatoms. The van der Waals surface area contributed by atoms with Crippen LogP contribution in [0.25, 0.3) is 0 Å². The SMILES string of the molecule is CCC(NS(=O)(=O)c1cc(N)cc(F)c1)C1CCCCC1. The van der Waals surface area contributed by atoms with Crippen LogP contribution in [-0.2, 0) is 10.0 Å². The molecule has 118 valence electrons. The number of hydrogen-bond acceptors (Lipinski definition) is 3. The van der Waals surface area contributed by atoms with Crippen molar-refractivity contribution in [2.24, 2.45) is 5.92 Å². The molecule has 1 aliphatic carbocycles. The highest BCUT2D eigenvalue weighted by Gasteiger charge is 2.27. The third kappa shape index (κ3) is 4.17. The fourth-order valence-electron chi connectivity index (χ4n) is 3.06. The lowest BCUT2D eigenvalue weighted by molar-refractivity contribution is 0.285. The van der Waals surface area contributed by atoms with Gasteiger partial charge in [0, 0.05) is 11.7 Å². The Labute approximate surface area is 126 Å². The van der Waals surface area contributed by atoms with E-state index in [1.165, 1.54) is 12.5 Å². The van der Waals surface area contributed by atoms with Crippen molar-refractivity contribution < 1.29 is 12.8 Å². The Balaban J connectivity index is 2.18. The molecule has 1 fully saturated rings. The van der Waals surface area contributed by atoms with Gasteiger partial charge in [-0.2, -0.15) is 0 Å².